The van der Waals surface area contributed by atoms with Crippen LogP contribution in [0.4, 0.5) is 11.6 Å². The number of allylic oxidation sites excluding steroid dienone is 1. The summed E-state index contributed by atoms with van der Waals surface area (Å²) in [6.45, 7) is 4.12. The number of aromatic nitrogens is 2. The summed E-state index contributed by atoms with van der Waals surface area (Å²) < 4.78 is 10.6. The van der Waals surface area contributed by atoms with Crippen molar-refractivity contribution in [1.82, 2.24) is 10.3 Å². The number of anilines is 2. The molecule has 27 heavy (non-hydrogen) atoms. The van der Waals surface area contributed by atoms with Crippen LogP contribution in [0.15, 0.2) is 32.5 Å². The number of phenols is 1. The van der Waals surface area contributed by atoms with Gasteiger partial charge in [-0.3, -0.25) is 4.79 Å². The van der Waals surface area contributed by atoms with E-state index in [1.807, 2.05) is 0 Å². The number of nitrogens with one attached hydrogen (secondary N) is 2. The van der Waals surface area contributed by atoms with E-state index in [1.165, 1.54) is 7.11 Å². The lowest BCUT2D eigenvalue weighted by Gasteiger charge is -2.34. The highest BCUT2D eigenvalue weighted by atomic mass is 79.9. The van der Waals surface area contributed by atoms with Gasteiger partial charge in [-0.25, -0.2) is 4.63 Å². The zero-order valence-corrected chi connectivity index (χ0v) is 16.7. The zero-order chi connectivity index (χ0) is 19.3. The summed E-state index contributed by atoms with van der Waals surface area (Å²) in [5.41, 5.74) is 2.01. The van der Waals surface area contributed by atoms with Crippen LogP contribution in [-0.4, -0.2) is 28.3 Å². The van der Waals surface area contributed by atoms with Gasteiger partial charge >= 0.3 is 0 Å². The SMILES string of the molecule is COc1cc([C@@H]2Nc3nonc3NC3=C2C(=O)CC(C)(C)C3)cc(Br)c1O. The van der Waals surface area contributed by atoms with E-state index < -0.39 is 6.04 Å². The Morgan fingerprint density at radius 1 is 1.30 bits per heavy atom. The van der Waals surface area contributed by atoms with Gasteiger partial charge in [0.1, 0.15) is 0 Å². The van der Waals surface area contributed by atoms with Crippen LogP contribution in [0.5, 0.6) is 11.5 Å². The van der Waals surface area contributed by atoms with Crippen molar-refractivity contribution in [1.29, 1.82) is 0 Å². The number of Topliss-reactive ketones (excluding diaryl/α,β-unsaturated/α-hetero) is 1. The van der Waals surface area contributed by atoms with E-state index in [0.717, 1.165) is 11.3 Å². The van der Waals surface area contributed by atoms with Crippen LogP contribution in [0.1, 0.15) is 38.3 Å². The summed E-state index contributed by atoms with van der Waals surface area (Å²) >= 11 is 3.35. The highest BCUT2D eigenvalue weighted by Crippen LogP contribution is 2.46. The molecular weight excluding hydrogens is 416 g/mol. The summed E-state index contributed by atoms with van der Waals surface area (Å²) in [6, 6.07) is 2.97. The van der Waals surface area contributed by atoms with E-state index >= 15 is 0 Å². The molecule has 0 fully saturated rings. The normalized spacial score (nSPS) is 20.9. The van der Waals surface area contributed by atoms with Crippen LogP contribution in [0.3, 0.4) is 0 Å². The second-order valence-electron chi connectivity index (χ2n) is 7.55. The number of phenolic OH excluding ortho intramolecular Hbond substituents is 1. The van der Waals surface area contributed by atoms with E-state index in [-0.39, 0.29) is 16.9 Å². The second-order valence-corrected chi connectivity index (χ2v) is 8.40. The smallest absolute Gasteiger partial charge is 0.219 e. The monoisotopic (exact) mass is 434 g/mol. The van der Waals surface area contributed by atoms with Gasteiger partial charge in [-0.2, -0.15) is 0 Å². The number of hydrogen-bond donors (Lipinski definition) is 3. The first-order valence-electron chi connectivity index (χ1n) is 8.48. The van der Waals surface area contributed by atoms with Crippen molar-refractivity contribution in [3.05, 3.63) is 33.4 Å². The first kappa shape index (κ1) is 17.8. The van der Waals surface area contributed by atoms with Gasteiger partial charge in [0, 0.05) is 17.7 Å². The fraction of sp³-hybridized carbons (Fsp3) is 0.389. The second kappa shape index (κ2) is 6.26. The van der Waals surface area contributed by atoms with Crippen molar-refractivity contribution in [2.45, 2.75) is 32.7 Å². The molecule has 0 saturated carbocycles. The number of halogens is 1. The minimum Gasteiger partial charge on any atom is -0.503 e. The molecule has 1 aliphatic heterocycles. The van der Waals surface area contributed by atoms with Gasteiger partial charge in [-0.05, 0) is 55.8 Å². The highest BCUT2D eigenvalue weighted by Gasteiger charge is 2.40. The number of rotatable bonds is 2. The van der Waals surface area contributed by atoms with E-state index in [4.69, 9.17) is 9.37 Å². The Labute approximate surface area is 164 Å². The van der Waals surface area contributed by atoms with Gasteiger partial charge in [0.05, 0.1) is 17.6 Å². The molecule has 0 radical (unpaired) electrons. The van der Waals surface area contributed by atoms with Gasteiger partial charge in [0.25, 0.3) is 0 Å². The van der Waals surface area contributed by atoms with Crippen LogP contribution in [0.25, 0.3) is 0 Å². The van der Waals surface area contributed by atoms with Crippen LogP contribution in [0, 0.1) is 5.41 Å². The fourth-order valence-corrected chi connectivity index (χ4v) is 4.12. The minimum absolute atomic E-state index is 0.00194. The topological polar surface area (TPSA) is 110 Å². The molecule has 2 heterocycles. The van der Waals surface area contributed by atoms with Gasteiger partial charge < -0.3 is 20.5 Å². The molecule has 142 valence electrons. The average molecular weight is 435 g/mol. The van der Waals surface area contributed by atoms with Crippen molar-refractivity contribution < 1.29 is 19.3 Å². The van der Waals surface area contributed by atoms with Crippen molar-refractivity contribution in [2.75, 3.05) is 17.7 Å². The van der Waals surface area contributed by atoms with E-state index in [0.29, 0.717) is 40.3 Å². The first-order valence-corrected chi connectivity index (χ1v) is 9.27. The first-order chi connectivity index (χ1) is 12.8. The summed E-state index contributed by atoms with van der Waals surface area (Å²) in [5.74, 6) is 1.23. The van der Waals surface area contributed by atoms with Crippen molar-refractivity contribution >= 4 is 33.3 Å². The van der Waals surface area contributed by atoms with Gasteiger partial charge in [-0.1, -0.05) is 13.8 Å². The molecule has 1 atom stereocenters. The fourth-order valence-electron chi connectivity index (χ4n) is 3.66. The quantitative estimate of drug-likeness (QED) is 0.654. The van der Waals surface area contributed by atoms with Gasteiger partial charge in [0.2, 0.25) is 11.6 Å². The predicted octanol–water partition coefficient (Wildman–Crippen LogP) is 3.77. The molecular formula is C18H19BrN4O4. The van der Waals surface area contributed by atoms with E-state index in [2.05, 4.69) is 50.7 Å². The number of ketones is 1. The Morgan fingerprint density at radius 3 is 2.78 bits per heavy atom. The molecule has 0 unspecified atom stereocenters. The molecule has 1 aliphatic carbocycles. The average Bonchev–Trinajstić information content (AvgIpc) is 2.95. The maximum atomic E-state index is 13.1. The summed E-state index contributed by atoms with van der Waals surface area (Å²) in [6.07, 6.45) is 1.13. The molecule has 2 aliphatic rings. The maximum Gasteiger partial charge on any atom is 0.219 e. The Hall–Kier alpha value is -2.55. The predicted molar refractivity (Wildman–Crippen MR) is 102 cm³/mol. The molecule has 1 aromatic carbocycles. The Morgan fingerprint density at radius 2 is 2.04 bits per heavy atom. The third-order valence-corrected chi connectivity index (χ3v) is 5.46. The summed E-state index contributed by atoms with van der Waals surface area (Å²) in [7, 11) is 1.48. The van der Waals surface area contributed by atoms with Crippen molar-refractivity contribution in [2.24, 2.45) is 5.41 Å². The van der Waals surface area contributed by atoms with E-state index in [1.54, 1.807) is 12.1 Å². The van der Waals surface area contributed by atoms with Crippen molar-refractivity contribution in [3.8, 4) is 11.5 Å². The number of carbonyl (C=O) groups excluding carboxylic acids is 1. The number of fused-ring (bicyclic) bond motifs is 1. The molecule has 4 rings (SSSR count). The van der Waals surface area contributed by atoms with Crippen LogP contribution in [-0.2, 0) is 4.79 Å². The third-order valence-electron chi connectivity index (χ3n) is 4.85. The number of aromatic hydroxyl groups is 1. The number of methoxy groups -OCH3 is 1. The molecule has 0 bridgehead atoms. The summed E-state index contributed by atoms with van der Waals surface area (Å²) in [4.78, 5) is 13.1. The summed E-state index contributed by atoms with van der Waals surface area (Å²) in [5, 5.41) is 24.4. The molecule has 1 aromatic heterocycles. The van der Waals surface area contributed by atoms with Gasteiger partial charge in [0.15, 0.2) is 17.3 Å². The largest absolute Gasteiger partial charge is 0.503 e. The third kappa shape index (κ3) is 3.05. The van der Waals surface area contributed by atoms with Crippen LogP contribution < -0.4 is 15.4 Å². The lowest BCUT2D eigenvalue weighted by molar-refractivity contribution is -0.118. The molecule has 9 heteroatoms. The molecule has 0 amide bonds. The number of ether oxygens (including phenoxy) is 1. The number of benzene rings is 1. The maximum absolute atomic E-state index is 13.1. The van der Waals surface area contributed by atoms with Gasteiger partial charge in [-0.15, -0.1) is 0 Å². The standard InChI is InChI=1S/C18H19BrN4O4/c1-18(2)6-10-13(11(24)7-18)14(21-17-16(20-10)22-27-23-17)8-4-9(19)15(25)12(5-8)26-3/h4-5,14,25H,6-7H2,1-3H3,(H,20,22)(H,21,23)/t14-/m0/s1. The number of nitrogens with zero attached hydrogens (tertiary/aromatic N) is 2. The molecule has 2 aromatic rings. The van der Waals surface area contributed by atoms with Crippen molar-refractivity contribution in [3.63, 3.8) is 0 Å². The van der Waals surface area contributed by atoms with Crippen LogP contribution >= 0.6 is 15.9 Å². The molecule has 0 spiro atoms. The molecule has 0 saturated heterocycles. The van der Waals surface area contributed by atoms with Crippen LogP contribution in [0.2, 0.25) is 0 Å². The Balaban J connectivity index is 1.90. The zero-order valence-electron chi connectivity index (χ0n) is 15.1. The van der Waals surface area contributed by atoms with E-state index in [9.17, 15) is 9.90 Å². The number of hydrogen-bond acceptors (Lipinski definition) is 8. The highest BCUT2D eigenvalue weighted by molar-refractivity contribution is 9.10. The molecule has 3 N–H and O–H groups in total. The molecule has 8 nitrogen and oxygen atoms in total. The number of carbonyl (C=O) groups is 1. The lowest BCUT2D eigenvalue weighted by Crippen LogP contribution is -2.31. The Kier molecular flexibility index (Phi) is 4.14. The minimum atomic E-state index is -0.491. The lowest BCUT2D eigenvalue weighted by atomic mass is 9.73. The Bertz CT molecular complexity index is 966.